The Bertz CT molecular complexity index is 653. The molecule has 0 aromatic carbocycles. The van der Waals surface area contributed by atoms with Gasteiger partial charge in [0, 0.05) is 48.4 Å². The first-order valence-electron chi connectivity index (χ1n) is 7.64. The molecule has 1 atom stereocenters. The molecule has 0 saturated carbocycles. The van der Waals surface area contributed by atoms with Crippen LogP contribution in [0.2, 0.25) is 0 Å². The van der Waals surface area contributed by atoms with Crippen molar-refractivity contribution < 1.29 is 4.79 Å². The Morgan fingerprint density at radius 3 is 3.05 bits per heavy atom. The molecule has 3 heterocycles. The number of hydrogen-bond donors (Lipinski definition) is 0. The molecule has 4 heteroatoms. The molecule has 4 nitrogen and oxygen atoms in total. The van der Waals surface area contributed by atoms with Crippen LogP contribution in [0.4, 0.5) is 0 Å². The highest BCUT2D eigenvalue weighted by atomic mass is 16.2. The number of carbonyl (C=O) groups excluding carboxylic acids is 1. The second-order valence-corrected chi connectivity index (χ2v) is 6.08. The minimum absolute atomic E-state index is 0.0648. The highest BCUT2D eigenvalue weighted by Crippen LogP contribution is 2.27. The van der Waals surface area contributed by atoms with Crippen molar-refractivity contribution in [3.8, 4) is 0 Å². The second kappa shape index (κ2) is 5.80. The van der Waals surface area contributed by atoms with Crippen LogP contribution in [-0.4, -0.2) is 33.9 Å². The molecule has 0 radical (unpaired) electrons. The largest absolute Gasteiger partial charge is 0.342 e. The van der Waals surface area contributed by atoms with E-state index in [9.17, 15) is 4.79 Å². The first-order valence-corrected chi connectivity index (χ1v) is 7.64. The Morgan fingerprint density at radius 2 is 2.24 bits per heavy atom. The average Bonchev–Trinajstić information content (AvgIpc) is 2.53. The van der Waals surface area contributed by atoms with Gasteiger partial charge < -0.3 is 4.90 Å². The summed E-state index contributed by atoms with van der Waals surface area (Å²) >= 11 is 0. The standard InChI is InChI=1S/C17H21N3O/c1-12(2)17(21)20-8-4-6-14(11-20)16-9-15-13(10-19-16)5-3-7-18-15/h3,5,7,9-10,12,14H,4,6,8,11H2,1-2H3. The van der Waals surface area contributed by atoms with Gasteiger partial charge in [0.05, 0.1) is 5.52 Å². The molecule has 1 saturated heterocycles. The Hall–Kier alpha value is -1.97. The summed E-state index contributed by atoms with van der Waals surface area (Å²) in [6.45, 7) is 5.58. The summed E-state index contributed by atoms with van der Waals surface area (Å²) < 4.78 is 0. The van der Waals surface area contributed by atoms with Gasteiger partial charge in [0.15, 0.2) is 0 Å². The molecule has 1 fully saturated rings. The fourth-order valence-electron chi connectivity index (χ4n) is 2.99. The lowest BCUT2D eigenvalue weighted by atomic mass is 9.93. The number of hydrogen-bond acceptors (Lipinski definition) is 3. The third kappa shape index (κ3) is 2.89. The van der Waals surface area contributed by atoms with Gasteiger partial charge >= 0.3 is 0 Å². The summed E-state index contributed by atoms with van der Waals surface area (Å²) in [6, 6.07) is 6.02. The van der Waals surface area contributed by atoms with E-state index in [0.29, 0.717) is 5.92 Å². The SMILES string of the molecule is CC(C)C(=O)N1CCCC(c2cc3ncccc3cn2)C1. The van der Waals surface area contributed by atoms with Gasteiger partial charge in [-0.25, -0.2) is 0 Å². The van der Waals surface area contributed by atoms with Crippen molar-refractivity contribution in [3.63, 3.8) is 0 Å². The molecule has 0 spiro atoms. The van der Waals surface area contributed by atoms with Gasteiger partial charge in [-0.3, -0.25) is 14.8 Å². The van der Waals surface area contributed by atoms with Crippen LogP contribution in [0.25, 0.3) is 10.9 Å². The third-order valence-corrected chi connectivity index (χ3v) is 4.15. The monoisotopic (exact) mass is 283 g/mol. The summed E-state index contributed by atoms with van der Waals surface area (Å²) in [5.74, 6) is 0.640. The zero-order valence-electron chi connectivity index (χ0n) is 12.6. The van der Waals surface area contributed by atoms with Crippen LogP contribution < -0.4 is 0 Å². The maximum Gasteiger partial charge on any atom is 0.225 e. The maximum absolute atomic E-state index is 12.2. The first-order chi connectivity index (χ1) is 10.1. The molecule has 21 heavy (non-hydrogen) atoms. The first kappa shape index (κ1) is 14.0. The smallest absolute Gasteiger partial charge is 0.225 e. The average molecular weight is 283 g/mol. The van der Waals surface area contributed by atoms with Crippen molar-refractivity contribution in [2.75, 3.05) is 13.1 Å². The van der Waals surface area contributed by atoms with Crippen LogP contribution in [0.5, 0.6) is 0 Å². The summed E-state index contributed by atoms with van der Waals surface area (Å²) in [5.41, 5.74) is 2.04. The predicted octanol–water partition coefficient (Wildman–Crippen LogP) is 2.99. The van der Waals surface area contributed by atoms with Gasteiger partial charge in [0.2, 0.25) is 5.91 Å². The lowest BCUT2D eigenvalue weighted by Gasteiger charge is -2.33. The highest BCUT2D eigenvalue weighted by molar-refractivity contribution is 5.79. The van der Waals surface area contributed by atoms with Gasteiger partial charge in [-0.2, -0.15) is 0 Å². The highest BCUT2D eigenvalue weighted by Gasteiger charge is 2.26. The van der Waals surface area contributed by atoms with E-state index in [-0.39, 0.29) is 11.8 Å². The summed E-state index contributed by atoms with van der Waals surface area (Å²) in [6.07, 6.45) is 5.83. The van der Waals surface area contributed by atoms with Crippen molar-refractivity contribution in [2.45, 2.75) is 32.6 Å². The van der Waals surface area contributed by atoms with E-state index in [2.05, 4.69) is 16.0 Å². The molecule has 1 amide bonds. The van der Waals surface area contributed by atoms with Crippen LogP contribution in [-0.2, 0) is 4.79 Å². The Balaban J connectivity index is 1.83. The zero-order valence-corrected chi connectivity index (χ0v) is 12.6. The summed E-state index contributed by atoms with van der Waals surface area (Å²) in [5, 5.41) is 1.06. The van der Waals surface area contributed by atoms with Crippen molar-refractivity contribution in [1.82, 2.24) is 14.9 Å². The van der Waals surface area contributed by atoms with Crippen LogP contribution in [0, 0.1) is 5.92 Å². The summed E-state index contributed by atoms with van der Waals surface area (Å²) in [4.78, 5) is 23.2. The molecule has 2 aromatic rings. The van der Waals surface area contributed by atoms with Gasteiger partial charge in [0.1, 0.15) is 0 Å². The van der Waals surface area contributed by atoms with Crippen LogP contribution >= 0.6 is 0 Å². The van der Waals surface area contributed by atoms with Crippen LogP contribution in [0.1, 0.15) is 38.3 Å². The quantitative estimate of drug-likeness (QED) is 0.851. The summed E-state index contributed by atoms with van der Waals surface area (Å²) in [7, 11) is 0. The lowest BCUT2D eigenvalue weighted by molar-refractivity contribution is -0.135. The van der Waals surface area contributed by atoms with Crippen molar-refractivity contribution in [2.24, 2.45) is 5.92 Å². The van der Waals surface area contributed by atoms with Gasteiger partial charge in [-0.1, -0.05) is 13.8 Å². The molecule has 3 rings (SSSR count). The minimum atomic E-state index is 0.0648. The van der Waals surface area contributed by atoms with Crippen molar-refractivity contribution >= 4 is 16.8 Å². The van der Waals surface area contributed by atoms with E-state index < -0.39 is 0 Å². The molecule has 0 aliphatic carbocycles. The third-order valence-electron chi connectivity index (χ3n) is 4.15. The Labute approximate surface area is 125 Å². The number of likely N-dealkylation sites (tertiary alicyclic amines) is 1. The van der Waals surface area contributed by atoms with Crippen molar-refractivity contribution in [3.05, 3.63) is 36.3 Å². The fourth-order valence-corrected chi connectivity index (χ4v) is 2.99. The molecule has 0 bridgehead atoms. The van der Waals surface area contributed by atoms with E-state index in [1.807, 2.05) is 43.3 Å². The van der Waals surface area contributed by atoms with E-state index in [1.165, 1.54) is 0 Å². The molecular formula is C17H21N3O. The number of amides is 1. The number of fused-ring (bicyclic) bond motifs is 1. The number of carbonyl (C=O) groups is 1. The van der Waals surface area contributed by atoms with E-state index in [1.54, 1.807) is 0 Å². The number of piperidine rings is 1. The fraction of sp³-hybridized carbons (Fsp3) is 0.471. The molecule has 1 aliphatic heterocycles. The second-order valence-electron chi connectivity index (χ2n) is 6.08. The molecule has 2 aromatic heterocycles. The Kier molecular flexibility index (Phi) is 3.86. The maximum atomic E-state index is 12.2. The van der Waals surface area contributed by atoms with Crippen LogP contribution in [0.15, 0.2) is 30.6 Å². The number of aromatic nitrogens is 2. The van der Waals surface area contributed by atoms with E-state index in [0.717, 1.165) is 42.5 Å². The number of rotatable bonds is 2. The van der Waals surface area contributed by atoms with Crippen molar-refractivity contribution in [1.29, 1.82) is 0 Å². The molecule has 0 N–H and O–H groups in total. The number of pyridine rings is 2. The molecule has 110 valence electrons. The van der Waals surface area contributed by atoms with E-state index >= 15 is 0 Å². The Morgan fingerprint density at radius 1 is 1.38 bits per heavy atom. The van der Waals surface area contributed by atoms with Gasteiger partial charge in [-0.15, -0.1) is 0 Å². The zero-order chi connectivity index (χ0) is 14.8. The van der Waals surface area contributed by atoms with E-state index in [4.69, 9.17) is 0 Å². The topological polar surface area (TPSA) is 46.1 Å². The molecular weight excluding hydrogens is 262 g/mol. The number of nitrogens with zero attached hydrogens (tertiary/aromatic N) is 3. The van der Waals surface area contributed by atoms with Gasteiger partial charge in [0.25, 0.3) is 0 Å². The lowest BCUT2D eigenvalue weighted by Crippen LogP contribution is -2.41. The predicted molar refractivity (Wildman–Crippen MR) is 82.9 cm³/mol. The molecule has 1 unspecified atom stereocenters. The molecule has 1 aliphatic rings. The van der Waals surface area contributed by atoms with Gasteiger partial charge in [-0.05, 0) is 31.0 Å². The van der Waals surface area contributed by atoms with Crippen LogP contribution in [0.3, 0.4) is 0 Å². The normalized spacial score (nSPS) is 19.2. The minimum Gasteiger partial charge on any atom is -0.342 e.